The van der Waals surface area contributed by atoms with Crippen LogP contribution in [0.5, 0.6) is 0 Å². The van der Waals surface area contributed by atoms with Crippen molar-refractivity contribution < 1.29 is 52.1 Å². The number of carbonyl (C=O) groups excluding carboxylic acids is 4. The van der Waals surface area contributed by atoms with E-state index in [4.69, 9.17) is 11.0 Å². The first-order valence-electron chi connectivity index (χ1n) is 24.3. The number of pyridine rings is 1. The molecule has 4 aliphatic heterocycles. The molecule has 3 aromatic heterocycles. The summed E-state index contributed by atoms with van der Waals surface area (Å²) in [6.07, 6.45) is 2.26. The summed E-state index contributed by atoms with van der Waals surface area (Å²) in [7, 11) is 0. The maximum absolute atomic E-state index is 16.6. The largest absolute Gasteiger partial charge is 0.364 e. The molecule has 64 heavy (non-hydrogen) atoms. The van der Waals surface area contributed by atoms with Crippen molar-refractivity contribution in [1.29, 1.82) is 0 Å². The number of fused-ring (bicyclic) bond motifs is 2. The van der Waals surface area contributed by atoms with Crippen molar-refractivity contribution in [2.75, 3.05) is 55.8 Å². The Bertz CT molecular complexity index is 3080. The van der Waals surface area contributed by atoms with Gasteiger partial charge in [-0.1, -0.05) is 6.07 Å². The standard InChI is InChI=1S/C44H44F5N11O4/c1-22(2)59-23(3)52-39-27(45)16-26(17-30(39)59)38-28(46)19-51-44(55-38)53-31-6-4-25(18-50-31)21-56-10-8-24(9-11-56)20-57-12-14-58(15-13-57)40-36(48)34-33(35(47)37(40)49)42(63)60(43(34)64)29-5-7-32(61)54-41(29)62/h4,6,16-19,22,24,29H,5,7-15,20-21H2,1-3H3,(H,54,61,62)(H,50,51,53,55)/i12D2,13D2,14D2,15D2. The van der Waals surface area contributed by atoms with Gasteiger partial charge in [0.1, 0.15) is 34.6 Å². The van der Waals surface area contributed by atoms with Crippen molar-refractivity contribution in [2.45, 2.75) is 65.1 Å². The number of nitrogens with zero attached hydrogens (tertiary/aromatic N) is 9. The highest BCUT2D eigenvalue weighted by molar-refractivity contribution is 6.24. The van der Waals surface area contributed by atoms with E-state index in [1.54, 1.807) is 31.3 Å². The molecule has 15 nitrogen and oxygen atoms in total. The van der Waals surface area contributed by atoms with Crippen molar-refractivity contribution in [3.63, 3.8) is 0 Å². The maximum atomic E-state index is 16.6. The predicted octanol–water partition coefficient (Wildman–Crippen LogP) is 5.65. The van der Waals surface area contributed by atoms with Gasteiger partial charge < -0.3 is 14.8 Å². The number of likely N-dealkylation sites (tertiary alicyclic amines) is 1. The van der Waals surface area contributed by atoms with Crippen LogP contribution >= 0.6 is 0 Å². The lowest BCUT2D eigenvalue weighted by atomic mass is 9.95. The number of anilines is 3. The zero-order chi connectivity index (χ0) is 52.3. The van der Waals surface area contributed by atoms with Crippen molar-refractivity contribution in [3.8, 4) is 11.3 Å². The second-order valence-electron chi connectivity index (χ2n) is 16.1. The van der Waals surface area contributed by atoms with Gasteiger partial charge in [0, 0.05) is 68.8 Å². The number of piperazine rings is 1. The van der Waals surface area contributed by atoms with Crippen molar-refractivity contribution in [1.82, 2.24) is 44.5 Å². The van der Waals surface area contributed by atoms with Gasteiger partial charge in [0.15, 0.2) is 29.1 Å². The average molecular weight is 894 g/mol. The number of benzene rings is 2. The molecule has 334 valence electrons. The van der Waals surface area contributed by atoms with Crippen LogP contribution in [0, 0.1) is 41.9 Å². The lowest BCUT2D eigenvalue weighted by Crippen LogP contribution is -2.54. The molecule has 3 saturated heterocycles. The zero-order valence-corrected chi connectivity index (χ0v) is 34.4. The van der Waals surface area contributed by atoms with Crippen LogP contribution in [0.1, 0.15) is 88.6 Å². The normalized spacial score (nSPS) is 24.0. The summed E-state index contributed by atoms with van der Waals surface area (Å²) in [5, 5.41) is 4.80. The van der Waals surface area contributed by atoms with E-state index >= 15 is 22.0 Å². The summed E-state index contributed by atoms with van der Waals surface area (Å²) in [4.78, 5) is 70.0. The maximum Gasteiger partial charge on any atom is 0.265 e. The molecular weight excluding hydrogens is 842 g/mol. The molecule has 2 N–H and O–H groups in total. The first-order valence-corrected chi connectivity index (χ1v) is 20.3. The van der Waals surface area contributed by atoms with Crippen LogP contribution in [0.3, 0.4) is 0 Å². The van der Waals surface area contributed by atoms with E-state index in [1.165, 1.54) is 0 Å². The molecule has 0 saturated carbocycles. The van der Waals surface area contributed by atoms with Crippen LogP contribution < -0.4 is 15.5 Å². The number of piperidine rings is 2. The van der Waals surface area contributed by atoms with E-state index in [2.05, 4.69) is 25.3 Å². The molecule has 3 fully saturated rings. The van der Waals surface area contributed by atoms with E-state index in [-0.39, 0.29) is 52.9 Å². The molecule has 5 aromatic rings. The number of hydrogen-bond donors (Lipinski definition) is 2. The average Bonchev–Trinajstić information content (AvgIpc) is 3.79. The Kier molecular flexibility index (Phi) is 9.02. The predicted molar refractivity (Wildman–Crippen MR) is 223 cm³/mol. The third kappa shape index (κ3) is 7.82. The van der Waals surface area contributed by atoms with Gasteiger partial charge in [-0.15, -0.1) is 0 Å². The fourth-order valence-corrected chi connectivity index (χ4v) is 8.51. The lowest BCUT2D eigenvalue weighted by Gasteiger charge is -2.39. The van der Waals surface area contributed by atoms with Gasteiger partial charge in [0.05, 0.1) is 28.3 Å². The third-order valence-corrected chi connectivity index (χ3v) is 11.6. The zero-order valence-electron chi connectivity index (χ0n) is 42.4. The number of amides is 4. The minimum atomic E-state index is -3.91. The Morgan fingerprint density at radius 1 is 0.844 bits per heavy atom. The lowest BCUT2D eigenvalue weighted by molar-refractivity contribution is -0.136. The van der Waals surface area contributed by atoms with E-state index in [0.717, 1.165) is 17.8 Å². The molecule has 1 unspecified atom stereocenters. The van der Waals surface area contributed by atoms with Gasteiger partial charge in [0.25, 0.3) is 11.8 Å². The van der Waals surface area contributed by atoms with Gasteiger partial charge in [-0.25, -0.2) is 41.9 Å². The summed E-state index contributed by atoms with van der Waals surface area (Å²) in [5.74, 6) is -13.3. The van der Waals surface area contributed by atoms with Crippen LogP contribution in [0.25, 0.3) is 22.3 Å². The van der Waals surface area contributed by atoms with E-state index in [1.807, 2.05) is 28.6 Å². The number of imidazole rings is 1. The summed E-state index contributed by atoms with van der Waals surface area (Å²) in [6, 6.07) is 4.37. The second-order valence-corrected chi connectivity index (χ2v) is 16.1. The molecule has 20 heteroatoms. The minimum absolute atomic E-state index is 0.00943. The number of aryl methyl sites for hydroxylation is 1. The molecule has 2 aromatic carbocycles. The van der Waals surface area contributed by atoms with Gasteiger partial charge in [0.2, 0.25) is 17.8 Å². The SMILES string of the molecule is [2H]C1([2H])N(CC2CCN(Cc3ccc(Nc4ncc(F)c(-c5cc(F)c6nc(C)n(C(C)C)c6c5)n4)nc3)CC2)C([2H])([2H])C([2H])([2H])N(c2c(F)c(F)c3c(c2F)C(=O)N(C2CCC(=O)NC2=O)C3=O)C1([2H])[2H]. The Morgan fingerprint density at radius 2 is 1.56 bits per heavy atom. The summed E-state index contributed by atoms with van der Waals surface area (Å²) in [5.41, 5.74) is -3.60. The van der Waals surface area contributed by atoms with Crippen molar-refractivity contribution in [3.05, 3.63) is 88.3 Å². The monoisotopic (exact) mass is 893 g/mol. The highest BCUT2D eigenvalue weighted by Gasteiger charge is 2.49. The Hall–Kier alpha value is -6.41. The quantitative estimate of drug-likeness (QED) is 0.101. The van der Waals surface area contributed by atoms with Crippen LogP contribution in [0.15, 0.2) is 36.7 Å². The number of nitrogens with one attached hydrogen (secondary N) is 2. The van der Waals surface area contributed by atoms with Crippen molar-refractivity contribution in [2.24, 2.45) is 5.92 Å². The van der Waals surface area contributed by atoms with Gasteiger partial charge >= 0.3 is 0 Å². The van der Waals surface area contributed by atoms with Gasteiger partial charge in [-0.05, 0) is 82.8 Å². The number of rotatable bonds is 10. The fraction of sp³-hybridized carbons (Fsp3) is 0.409. The second kappa shape index (κ2) is 16.9. The smallest absolute Gasteiger partial charge is 0.265 e. The summed E-state index contributed by atoms with van der Waals surface area (Å²) >= 11 is 0. The number of imide groups is 2. The first kappa shape index (κ1) is 34.1. The fourth-order valence-electron chi connectivity index (χ4n) is 8.51. The third-order valence-electron chi connectivity index (χ3n) is 11.6. The number of halogens is 5. The molecule has 0 spiro atoms. The highest BCUT2D eigenvalue weighted by Crippen LogP contribution is 2.39. The highest BCUT2D eigenvalue weighted by atomic mass is 19.2. The van der Waals surface area contributed by atoms with Crippen LogP contribution in [0.2, 0.25) is 0 Å². The molecule has 0 aliphatic carbocycles. The Labute approximate surface area is 374 Å². The molecule has 0 radical (unpaired) electrons. The van der Waals surface area contributed by atoms with Gasteiger partial charge in [-0.2, -0.15) is 0 Å². The Balaban J connectivity index is 0.872. The van der Waals surface area contributed by atoms with E-state index in [0.29, 0.717) is 41.7 Å². The molecule has 4 aliphatic rings. The molecule has 7 heterocycles. The summed E-state index contributed by atoms with van der Waals surface area (Å²) < 4.78 is 152. The number of aromatic nitrogens is 5. The topological polar surface area (TPSA) is 162 Å². The molecule has 4 amide bonds. The van der Waals surface area contributed by atoms with Crippen LogP contribution in [-0.2, 0) is 16.1 Å². The molecule has 1 atom stereocenters. The van der Waals surface area contributed by atoms with E-state index in [9.17, 15) is 19.2 Å². The van der Waals surface area contributed by atoms with Crippen LogP contribution in [0.4, 0.5) is 39.4 Å². The van der Waals surface area contributed by atoms with E-state index < -0.39 is 125 Å². The first-order chi connectivity index (χ1) is 33.7. The van der Waals surface area contributed by atoms with Gasteiger partial charge in [-0.3, -0.25) is 39.2 Å². The van der Waals surface area contributed by atoms with Crippen molar-refractivity contribution >= 4 is 52.1 Å². The minimum Gasteiger partial charge on any atom is -0.364 e. The number of hydrogen-bond acceptors (Lipinski definition) is 12. The molecule has 0 bridgehead atoms. The van der Waals surface area contributed by atoms with Crippen LogP contribution in [-0.4, -0.2) is 114 Å². The Morgan fingerprint density at radius 3 is 2.23 bits per heavy atom. The molecular formula is C44H44F5N11O4. The molecule has 9 rings (SSSR count). The summed E-state index contributed by atoms with van der Waals surface area (Å²) in [6.45, 7) is -8.94. The number of carbonyl (C=O) groups is 4.